The number of hydrogen-bond acceptors (Lipinski definition) is 2. The van der Waals surface area contributed by atoms with Gasteiger partial charge in [-0.3, -0.25) is 9.59 Å². The minimum Gasteiger partial charge on any atom is -0.369 e. The van der Waals surface area contributed by atoms with Crippen LogP contribution in [0.2, 0.25) is 0 Å². The molecule has 0 aromatic heterocycles. The van der Waals surface area contributed by atoms with Crippen LogP contribution >= 0.6 is 15.9 Å². The van der Waals surface area contributed by atoms with E-state index in [1.54, 1.807) is 4.90 Å². The van der Waals surface area contributed by atoms with Crippen molar-refractivity contribution in [3.05, 3.63) is 28.2 Å². The standard InChI is InChI=1S/C12H13BrN2O2/c1-7-4-9(2-3-10(7)13)15-6-8(12(14)17)5-11(15)16/h2-4,8H,5-6H2,1H3,(H2,14,17). The number of amides is 2. The van der Waals surface area contributed by atoms with Crippen LogP contribution in [0.3, 0.4) is 0 Å². The summed E-state index contributed by atoms with van der Waals surface area (Å²) in [5, 5.41) is 0. The Balaban J connectivity index is 2.26. The van der Waals surface area contributed by atoms with Crippen molar-refractivity contribution < 1.29 is 9.59 Å². The highest BCUT2D eigenvalue weighted by molar-refractivity contribution is 9.10. The van der Waals surface area contributed by atoms with Crippen molar-refractivity contribution in [1.29, 1.82) is 0 Å². The summed E-state index contributed by atoms with van der Waals surface area (Å²) < 4.78 is 0.999. The normalized spacial score (nSPS) is 19.8. The van der Waals surface area contributed by atoms with Gasteiger partial charge in [0.15, 0.2) is 0 Å². The first-order valence-electron chi connectivity index (χ1n) is 5.35. The van der Waals surface area contributed by atoms with E-state index in [1.807, 2.05) is 25.1 Å². The fourth-order valence-electron chi connectivity index (χ4n) is 1.94. The Morgan fingerprint density at radius 1 is 1.53 bits per heavy atom. The van der Waals surface area contributed by atoms with Crippen LogP contribution in [0.5, 0.6) is 0 Å². The van der Waals surface area contributed by atoms with Crippen LogP contribution in [0.4, 0.5) is 5.69 Å². The molecule has 1 saturated heterocycles. The zero-order valence-corrected chi connectivity index (χ0v) is 11.0. The third-order valence-electron chi connectivity index (χ3n) is 2.98. The van der Waals surface area contributed by atoms with Crippen LogP contribution < -0.4 is 10.6 Å². The third-order valence-corrected chi connectivity index (χ3v) is 3.87. The third kappa shape index (κ3) is 2.34. The molecule has 2 N–H and O–H groups in total. The number of rotatable bonds is 2. The summed E-state index contributed by atoms with van der Waals surface area (Å²) in [4.78, 5) is 24.5. The monoisotopic (exact) mass is 296 g/mol. The minimum absolute atomic E-state index is 0.0458. The Bertz CT molecular complexity index is 487. The number of primary amides is 1. The van der Waals surface area contributed by atoms with E-state index >= 15 is 0 Å². The molecule has 2 amide bonds. The molecule has 2 rings (SSSR count). The van der Waals surface area contributed by atoms with Crippen molar-refractivity contribution in [3.8, 4) is 0 Å². The fraction of sp³-hybridized carbons (Fsp3) is 0.333. The maximum Gasteiger partial charge on any atom is 0.227 e. The maximum atomic E-state index is 11.8. The second kappa shape index (κ2) is 4.49. The van der Waals surface area contributed by atoms with Gasteiger partial charge < -0.3 is 10.6 Å². The molecular formula is C12H13BrN2O2. The second-order valence-corrected chi connectivity index (χ2v) is 5.10. The topological polar surface area (TPSA) is 63.4 Å². The number of nitrogens with two attached hydrogens (primary N) is 1. The Labute approximate surface area is 108 Å². The van der Waals surface area contributed by atoms with Gasteiger partial charge in [0, 0.05) is 23.1 Å². The molecule has 0 aliphatic carbocycles. The predicted octanol–water partition coefficient (Wildman–Crippen LogP) is 1.60. The van der Waals surface area contributed by atoms with Crippen molar-refractivity contribution in [2.24, 2.45) is 11.7 Å². The largest absolute Gasteiger partial charge is 0.369 e. The lowest BCUT2D eigenvalue weighted by Crippen LogP contribution is -2.28. The van der Waals surface area contributed by atoms with E-state index in [0.717, 1.165) is 15.7 Å². The Morgan fingerprint density at radius 3 is 2.76 bits per heavy atom. The van der Waals surface area contributed by atoms with Gasteiger partial charge in [0.05, 0.1) is 5.92 Å². The van der Waals surface area contributed by atoms with Gasteiger partial charge in [-0.05, 0) is 30.7 Å². The highest BCUT2D eigenvalue weighted by Gasteiger charge is 2.33. The van der Waals surface area contributed by atoms with Gasteiger partial charge in [0.1, 0.15) is 0 Å². The molecule has 4 nitrogen and oxygen atoms in total. The first kappa shape index (κ1) is 12.1. The molecule has 1 atom stereocenters. The summed E-state index contributed by atoms with van der Waals surface area (Å²) in [6.07, 6.45) is 0.213. The number of carbonyl (C=O) groups excluding carboxylic acids is 2. The van der Waals surface area contributed by atoms with Gasteiger partial charge >= 0.3 is 0 Å². The highest BCUT2D eigenvalue weighted by atomic mass is 79.9. The van der Waals surface area contributed by atoms with Gasteiger partial charge in [0.25, 0.3) is 0 Å². The Hall–Kier alpha value is -1.36. The summed E-state index contributed by atoms with van der Waals surface area (Å²) in [5.74, 6) is -0.823. The molecule has 5 heteroatoms. The van der Waals surface area contributed by atoms with Crippen molar-refractivity contribution in [3.63, 3.8) is 0 Å². The van der Waals surface area contributed by atoms with E-state index < -0.39 is 5.91 Å². The average molecular weight is 297 g/mol. The van der Waals surface area contributed by atoms with E-state index in [4.69, 9.17) is 5.73 Å². The van der Waals surface area contributed by atoms with E-state index in [-0.39, 0.29) is 18.2 Å². The fourth-order valence-corrected chi connectivity index (χ4v) is 2.19. The van der Waals surface area contributed by atoms with Gasteiger partial charge in [0.2, 0.25) is 11.8 Å². The average Bonchev–Trinajstić information content (AvgIpc) is 2.65. The van der Waals surface area contributed by atoms with Gasteiger partial charge in [-0.1, -0.05) is 15.9 Å². The minimum atomic E-state index is -0.408. The second-order valence-electron chi connectivity index (χ2n) is 4.24. The molecule has 1 aliphatic rings. The Kier molecular flexibility index (Phi) is 3.19. The lowest BCUT2D eigenvalue weighted by Gasteiger charge is -2.17. The first-order valence-corrected chi connectivity index (χ1v) is 6.14. The number of anilines is 1. The number of carbonyl (C=O) groups is 2. The zero-order valence-electron chi connectivity index (χ0n) is 9.44. The van der Waals surface area contributed by atoms with Crippen molar-refractivity contribution in [1.82, 2.24) is 0 Å². The molecule has 0 radical (unpaired) electrons. The lowest BCUT2D eigenvalue weighted by molar-refractivity contribution is -0.123. The van der Waals surface area contributed by atoms with Crippen LogP contribution in [0, 0.1) is 12.8 Å². The van der Waals surface area contributed by atoms with Gasteiger partial charge in [-0.25, -0.2) is 0 Å². The number of halogens is 1. The quantitative estimate of drug-likeness (QED) is 0.901. The number of benzene rings is 1. The summed E-state index contributed by atoms with van der Waals surface area (Å²) in [6.45, 7) is 2.34. The van der Waals surface area contributed by atoms with Crippen molar-refractivity contribution in [2.75, 3.05) is 11.4 Å². The van der Waals surface area contributed by atoms with E-state index in [0.29, 0.717) is 6.54 Å². The number of aryl methyl sites for hydroxylation is 1. The zero-order chi connectivity index (χ0) is 12.6. The van der Waals surface area contributed by atoms with Crippen LogP contribution in [0.15, 0.2) is 22.7 Å². The van der Waals surface area contributed by atoms with Crippen LogP contribution in [-0.2, 0) is 9.59 Å². The van der Waals surface area contributed by atoms with Crippen LogP contribution in [0.1, 0.15) is 12.0 Å². The SMILES string of the molecule is Cc1cc(N2CC(C(N)=O)CC2=O)ccc1Br. The lowest BCUT2D eigenvalue weighted by atomic mass is 10.1. The molecule has 1 fully saturated rings. The highest BCUT2D eigenvalue weighted by Crippen LogP contribution is 2.28. The van der Waals surface area contributed by atoms with Gasteiger partial charge in [-0.15, -0.1) is 0 Å². The molecule has 1 aliphatic heterocycles. The van der Waals surface area contributed by atoms with Crippen molar-refractivity contribution in [2.45, 2.75) is 13.3 Å². The molecule has 17 heavy (non-hydrogen) atoms. The molecule has 1 aromatic carbocycles. The van der Waals surface area contributed by atoms with E-state index in [9.17, 15) is 9.59 Å². The van der Waals surface area contributed by atoms with Crippen LogP contribution in [-0.4, -0.2) is 18.4 Å². The summed E-state index contributed by atoms with van der Waals surface area (Å²) in [5.41, 5.74) is 7.10. The number of nitrogens with zero attached hydrogens (tertiary/aromatic N) is 1. The molecule has 0 bridgehead atoms. The molecule has 0 spiro atoms. The Morgan fingerprint density at radius 2 is 2.24 bits per heavy atom. The molecule has 90 valence electrons. The molecule has 1 unspecified atom stereocenters. The summed E-state index contributed by atoms with van der Waals surface area (Å²) in [7, 11) is 0. The predicted molar refractivity (Wildman–Crippen MR) is 68.5 cm³/mol. The molecule has 1 aromatic rings. The smallest absolute Gasteiger partial charge is 0.227 e. The number of hydrogen-bond donors (Lipinski definition) is 1. The van der Waals surface area contributed by atoms with E-state index in [1.165, 1.54) is 0 Å². The van der Waals surface area contributed by atoms with Crippen molar-refractivity contribution >= 4 is 33.4 Å². The van der Waals surface area contributed by atoms with Gasteiger partial charge in [-0.2, -0.15) is 0 Å². The maximum absolute atomic E-state index is 11.8. The summed E-state index contributed by atoms with van der Waals surface area (Å²) >= 11 is 3.41. The summed E-state index contributed by atoms with van der Waals surface area (Å²) in [6, 6.07) is 5.68. The van der Waals surface area contributed by atoms with Crippen LogP contribution in [0.25, 0.3) is 0 Å². The molecule has 1 heterocycles. The molecule has 0 saturated carbocycles. The first-order chi connectivity index (χ1) is 7.99. The molecular weight excluding hydrogens is 284 g/mol. The van der Waals surface area contributed by atoms with E-state index in [2.05, 4.69) is 15.9 Å².